The molecule has 17 heavy (non-hydrogen) atoms. The van der Waals surface area contributed by atoms with Gasteiger partial charge in [-0.15, -0.1) is 0 Å². The van der Waals surface area contributed by atoms with Crippen molar-refractivity contribution in [2.45, 2.75) is 70.8 Å². The molecular weight excluding hydrogens is 210 g/mol. The van der Waals surface area contributed by atoms with Crippen LogP contribution < -0.4 is 0 Å². The third kappa shape index (κ3) is 2.10. The summed E-state index contributed by atoms with van der Waals surface area (Å²) in [5.74, 6) is 0.922. The van der Waals surface area contributed by atoms with Gasteiger partial charge < -0.3 is 5.11 Å². The fraction of sp³-hybridized carbons (Fsp3) is 0.933. The van der Waals surface area contributed by atoms with Crippen molar-refractivity contribution in [2.24, 2.45) is 17.3 Å². The summed E-state index contributed by atoms with van der Waals surface area (Å²) in [4.78, 5) is 0. The van der Waals surface area contributed by atoms with Crippen LogP contribution in [0.15, 0.2) is 0 Å². The van der Waals surface area contributed by atoms with E-state index in [0.29, 0.717) is 11.8 Å². The minimum atomic E-state index is -0.785. The van der Waals surface area contributed by atoms with E-state index in [2.05, 4.69) is 13.0 Å². The lowest BCUT2D eigenvalue weighted by Crippen LogP contribution is -2.50. The molecule has 2 aliphatic carbocycles. The van der Waals surface area contributed by atoms with Crippen molar-refractivity contribution in [1.82, 2.24) is 0 Å². The van der Waals surface area contributed by atoms with Gasteiger partial charge in [-0.2, -0.15) is 5.26 Å². The average molecular weight is 235 g/mol. The fourth-order valence-electron chi connectivity index (χ4n) is 4.02. The highest BCUT2D eigenvalue weighted by atomic mass is 16.3. The Kier molecular flexibility index (Phi) is 3.50. The zero-order chi connectivity index (χ0) is 12.5. The summed E-state index contributed by atoms with van der Waals surface area (Å²) in [5, 5.41) is 20.6. The lowest BCUT2D eigenvalue weighted by Gasteiger charge is -2.45. The highest BCUT2D eigenvalue weighted by molar-refractivity contribution is 5.15. The fourth-order valence-corrected chi connectivity index (χ4v) is 4.02. The average Bonchev–Trinajstić information content (AvgIpc) is 2.74. The molecule has 0 radical (unpaired) electrons. The van der Waals surface area contributed by atoms with Crippen LogP contribution in [0.4, 0.5) is 0 Å². The van der Waals surface area contributed by atoms with Crippen LogP contribution in [0.25, 0.3) is 0 Å². The van der Waals surface area contributed by atoms with Crippen molar-refractivity contribution in [3.8, 4) is 6.07 Å². The second-order valence-corrected chi connectivity index (χ2v) is 6.52. The topological polar surface area (TPSA) is 44.0 Å². The first-order valence-corrected chi connectivity index (χ1v) is 7.15. The SMILES string of the molecule is CC1CCC(C#N)(C(C)(O)C2CCCCC2)C1. The first-order chi connectivity index (χ1) is 8.02. The van der Waals surface area contributed by atoms with Gasteiger partial charge in [0.25, 0.3) is 0 Å². The molecule has 0 aromatic rings. The minimum Gasteiger partial charge on any atom is -0.388 e. The van der Waals surface area contributed by atoms with Gasteiger partial charge in [0.15, 0.2) is 0 Å². The Morgan fingerprint density at radius 2 is 1.88 bits per heavy atom. The van der Waals surface area contributed by atoms with Crippen molar-refractivity contribution < 1.29 is 5.11 Å². The van der Waals surface area contributed by atoms with Crippen molar-refractivity contribution in [3.63, 3.8) is 0 Å². The lowest BCUT2D eigenvalue weighted by atomic mass is 9.62. The zero-order valence-corrected chi connectivity index (χ0v) is 11.2. The molecule has 1 N–H and O–H groups in total. The summed E-state index contributed by atoms with van der Waals surface area (Å²) in [6, 6.07) is 2.50. The number of nitriles is 1. The van der Waals surface area contributed by atoms with Crippen LogP contribution in [-0.2, 0) is 0 Å². The Morgan fingerprint density at radius 3 is 2.35 bits per heavy atom. The molecule has 0 amide bonds. The van der Waals surface area contributed by atoms with E-state index in [0.717, 1.165) is 32.1 Å². The van der Waals surface area contributed by atoms with E-state index in [4.69, 9.17) is 0 Å². The minimum absolute atomic E-state index is 0.334. The van der Waals surface area contributed by atoms with E-state index in [1.54, 1.807) is 0 Å². The number of nitrogens with zero attached hydrogens (tertiary/aromatic N) is 1. The quantitative estimate of drug-likeness (QED) is 0.794. The molecule has 2 heteroatoms. The molecule has 0 aromatic heterocycles. The summed E-state index contributed by atoms with van der Waals surface area (Å²) in [6.45, 7) is 4.14. The first-order valence-electron chi connectivity index (χ1n) is 7.15. The second-order valence-electron chi connectivity index (χ2n) is 6.52. The Labute approximate surface area is 105 Å². The van der Waals surface area contributed by atoms with Crippen molar-refractivity contribution in [3.05, 3.63) is 0 Å². The third-order valence-corrected chi connectivity index (χ3v) is 5.34. The lowest BCUT2D eigenvalue weighted by molar-refractivity contribution is -0.0960. The molecule has 0 bridgehead atoms. The van der Waals surface area contributed by atoms with Gasteiger partial charge in [0.2, 0.25) is 0 Å². The number of aliphatic hydroxyl groups is 1. The molecule has 96 valence electrons. The van der Waals surface area contributed by atoms with Crippen LogP contribution in [-0.4, -0.2) is 10.7 Å². The maximum absolute atomic E-state index is 11.0. The molecule has 2 fully saturated rings. The summed E-state index contributed by atoms with van der Waals surface area (Å²) in [5.41, 5.74) is -1.26. The molecule has 3 unspecified atom stereocenters. The van der Waals surface area contributed by atoms with Gasteiger partial charge in [-0.05, 0) is 50.9 Å². The summed E-state index contributed by atoms with van der Waals surface area (Å²) >= 11 is 0. The van der Waals surface area contributed by atoms with Crippen LogP contribution in [0.1, 0.15) is 65.2 Å². The van der Waals surface area contributed by atoms with Gasteiger partial charge in [0, 0.05) is 0 Å². The van der Waals surface area contributed by atoms with E-state index in [9.17, 15) is 10.4 Å². The molecule has 0 saturated heterocycles. The first kappa shape index (κ1) is 12.9. The van der Waals surface area contributed by atoms with Crippen molar-refractivity contribution in [2.75, 3.05) is 0 Å². The molecule has 0 heterocycles. The smallest absolute Gasteiger partial charge is 0.0862 e. The van der Waals surface area contributed by atoms with Gasteiger partial charge in [0.05, 0.1) is 17.1 Å². The van der Waals surface area contributed by atoms with E-state index < -0.39 is 11.0 Å². The predicted octanol–water partition coefficient (Wildman–Crippen LogP) is 3.65. The van der Waals surface area contributed by atoms with Crippen LogP contribution in [0.3, 0.4) is 0 Å². The number of hydrogen-bond acceptors (Lipinski definition) is 2. The Bertz CT molecular complexity index is 311. The largest absolute Gasteiger partial charge is 0.388 e. The molecule has 2 saturated carbocycles. The molecule has 2 nitrogen and oxygen atoms in total. The Morgan fingerprint density at radius 1 is 1.24 bits per heavy atom. The molecule has 3 atom stereocenters. The third-order valence-electron chi connectivity index (χ3n) is 5.34. The standard InChI is InChI=1S/C15H25NO/c1-12-8-9-15(10-12,11-16)14(2,17)13-6-4-3-5-7-13/h12-13,17H,3-10H2,1-2H3. The van der Waals surface area contributed by atoms with Crippen LogP contribution in [0, 0.1) is 28.6 Å². The highest BCUT2D eigenvalue weighted by Gasteiger charge is 2.54. The van der Waals surface area contributed by atoms with Gasteiger partial charge >= 0.3 is 0 Å². The zero-order valence-electron chi connectivity index (χ0n) is 11.2. The highest BCUT2D eigenvalue weighted by Crippen LogP contribution is 2.53. The molecule has 2 rings (SSSR count). The number of rotatable bonds is 2. The van der Waals surface area contributed by atoms with E-state index in [-0.39, 0.29) is 0 Å². The molecule has 0 spiro atoms. The van der Waals surface area contributed by atoms with Crippen molar-refractivity contribution in [1.29, 1.82) is 5.26 Å². The monoisotopic (exact) mass is 235 g/mol. The number of hydrogen-bond donors (Lipinski definition) is 1. The van der Waals surface area contributed by atoms with Gasteiger partial charge in [-0.25, -0.2) is 0 Å². The Balaban J connectivity index is 2.20. The van der Waals surface area contributed by atoms with E-state index in [1.165, 1.54) is 19.3 Å². The van der Waals surface area contributed by atoms with Gasteiger partial charge in [0.1, 0.15) is 0 Å². The maximum atomic E-state index is 11.0. The van der Waals surface area contributed by atoms with Crippen LogP contribution >= 0.6 is 0 Å². The molecule has 0 aliphatic heterocycles. The van der Waals surface area contributed by atoms with E-state index >= 15 is 0 Å². The normalized spacial score (nSPS) is 38.6. The summed E-state index contributed by atoms with van der Waals surface area (Å²) in [7, 11) is 0. The van der Waals surface area contributed by atoms with Crippen LogP contribution in [0.2, 0.25) is 0 Å². The van der Waals surface area contributed by atoms with Crippen molar-refractivity contribution >= 4 is 0 Å². The Hall–Kier alpha value is -0.550. The maximum Gasteiger partial charge on any atom is 0.0862 e. The predicted molar refractivity (Wildman–Crippen MR) is 68.3 cm³/mol. The van der Waals surface area contributed by atoms with Gasteiger partial charge in [-0.1, -0.05) is 26.2 Å². The molecule has 2 aliphatic rings. The second kappa shape index (κ2) is 4.61. The summed E-state index contributed by atoms with van der Waals surface area (Å²) in [6.07, 6.45) is 8.80. The van der Waals surface area contributed by atoms with Gasteiger partial charge in [-0.3, -0.25) is 0 Å². The molecular formula is C15H25NO. The van der Waals surface area contributed by atoms with E-state index in [1.807, 2.05) is 6.92 Å². The summed E-state index contributed by atoms with van der Waals surface area (Å²) < 4.78 is 0. The molecule has 0 aromatic carbocycles. The van der Waals surface area contributed by atoms with Crippen LogP contribution in [0.5, 0.6) is 0 Å².